The fourth-order valence-corrected chi connectivity index (χ4v) is 2.93. The van der Waals surface area contributed by atoms with Crippen molar-refractivity contribution in [1.29, 1.82) is 0 Å². The van der Waals surface area contributed by atoms with Crippen LogP contribution >= 0.6 is 11.6 Å². The number of aromatic nitrogens is 2. The van der Waals surface area contributed by atoms with Gasteiger partial charge in [-0.1, -0.05) is 24.9 Å². The van der Waals surface area contributed by atoms with Crippen LogP contribution in [-0.2, 0) is 17.2 Å². The lowest BCUT2D eigenvalue weighted by Gasteiger charge is -2.14. The summed E-state index contributed by atoms with van der Waals surface area (Å²) in [5.74, 6) is 0.260. The number of hydrogen-bond acceptors (Lipinski definition) is 3. The largest absolute Gasteiger partial charge is 0.329 e. The van der Waals surface area contributed by atoms with E-state index >= 15 is 0 Å². The summed E-state index contributed by atoms with van der Waals surface area (Å²) in [5.41, 5.74) is -0.529. The van der Waals surface area contributed by atoms with E-state index in [0.717, 1.165) is 11.0 Å². The summed E-state index contributed by atoms with van der Waals surface area (Å²) in [4.78, 5) is 26.4. The van der Waals surface area contributed by atoms with Gasteiger partial charge in [0.2, 0.25) is 0 Å². The second-order valence-electron chi connectivity index (χ2n) is 4.24. The molecule has 102 valence electrons. The summed E-state index contributed by atoms with van der Waals surface area (Å²) in [6.45, 7) is 3.62. The predicted octanol–water partition coefficient (Wildman–Crippen LogP) is 1.08. The quantitative estimate of drug-likeness (QED) is 0.826. The highest BCUT2D eigenvalue weighted by Gasteiger charge is 2.17. The van der Waals surface area contributed by atoms with Crippen LogP contribution in [0.2, 0.25) is 5.15 Å². The molecule has 0 aliphatic carbocycles. The number of hydrogen-bond donors (Lipinski definition) is 1. The minimum atomic E-state index is -1.07. The summed E-state index contributed by atoms with van der Waals surface area (Å²) >= 11 is 5.87. The molecule has 1 rings (SSSR count). The number of rotatable bonds is 5. The van der Waals surface area contributed by atoms with E-state index in [-0.39, 0.29) is 16.5 Å². The molecule has 2 unspecified atom stereocenters. The molecule has 0 saturated heterocycles. The predicted molar refractivity (Wildman–Crippen MR) is 74.0 cm³/mol. The van der Waals surface area contributed by atoms with E-state index in [1.807, 2.05) is 6.92 Å². The highest BCUT2D eigenvalue weighted by molar-refractivity contribution is 7.84. The first kappa shape index (κ1) is 15.2. The zero-order valence-corrected chi connectivity index (χ0v) is 12.2. The number of halogens is 1. The van der Waals surface area contributed by atoms with E-state index in [9.17, 15) is 13.8 Å². The SMILES string of the molecule is CCCc1c(Cl)[nH]c(=O)n(C(C)CS(C)=O)c1=O. The summed E-state index contributed by atoms with van der Waals surface area (Å²) in [5, 5.41) is 0.105. The second-order valence-corrected chi connectivity index (χ2v) is 6.09. The third-order valence-electron chi connectivity index (χ3n) is 2.59. The van der Waals surface area contributed by atoms with Crippen molar-refractivity contribution in [1.82, 2.24) is 9.55 Å². The van der Waals surface area contributed by atoms with Gasteiger partial charge in [-0.3, -0.25) is 18.6 Å². The van der Waals surface area contributed by atoms with Crippen LogP contribution in [0.3, 0.4) is 0 Å². The first-order valence-electron chi connectivity index (χ1n) is 5.71. The lowest BCUT2D eigenvalue weighted by atomic mass is 10.2. The van der Waals surface area contributed by atoms with Gasteiger partial charge in [-0.15, -0.1) is 0 Å². The van der Waals surface area contributed by atoms with Gasteiger partial charge in [0.1, 0.15) is 5.15 Å². The van der Waals surface area contributed by atoms with Gasteiger partial charge in [0.15, 0.2) is 0 Å². The number of nitrogens with zero attached hydrogens (tertiary/aromatic N) is 1. The van der Waals surface area contributed by atoms with E-state index in [1.54, 1.807) is 13.2 Å². The standard InChI is InChI=1S/C11H17ClN2O3S/c1-4-5-8-9(12)13-11(16)14(10(8)15)7(2)6-18(3)17/h7H,4-6H2,1-3H3,(H,13,16). The summed E-state index contributed by atoms with van der Waals surface area (Å²) in [7, 11) is -1.07. The Hall–Kier alpha value is -0.880. The van der Waals surface area contributed by atoms with Crippen LogP contribution in [0.25, 0.3) is 0 Å². The van der Waals surface area contributed by atoms with Gasteiger partial charge in [0.05, 0.1) is 11.6 Å². The van der Waals surface area contributed by atoms with Crippen LogP contribution in [0.4, 0.5) is 0 Å². The van der Waals surface area contributed by atoms with Gasteiger partial charge in [-0.25, -0.2) is 4.79 Å². The molecule has 1 aromatic heterocycles. The van der Waals surface area contributed by atoms with Crippen LogP contribution in [0.5, 0.6) is 0 Å². The molecule has 1 aromatic rings. The van der Waals surface area contributed by atoms with Crippen molar-refractivity contribution in [2.24, 2.45) is 0 Å². The van der Waals surface area contributed by atoms with Gasteiger partial charge in [-0.05, 0) is 13.3 Å². The lowest BCUT2D eigenvalue weighted by Crippen LogP contribution is -2.40. The summed E-state index contributed by atoms with van der Waals surface area (Å²) < 4.78 is 12.3. The van der Waals surface area contributed by atoms with Crippen LogP contribution in [0, 0.1) is 0 Å². The third kappa shape index (κ3) is 3.32. The maximum atomic E-state index is 12.2. The summed E-state index contributed by atoms with van der Waals surface area (Å²) in [6.07, 6.45) is 2.81. The molecule has 0 radical (unpaired) electrons. The minimum Gasteiger partial charge on any atom is -0.297 e. The molecule has 5 nitrogen and oxygen atoms in total. The van der Waals surface area contributed by atoms with Crippen molar-refractivity contribution in [3.63, 3.8) is 0 Å². The molecule has 0 spiro atoms. The number of aromatic amines is 1. The molecule has 18 heavy (non-hydrogen) atoms. The first-order chi connectivity index (χ1) is 8.38. The second kappa shape index (κ2) is 6.33. The van der Waals surface area contributed by atoms with E-state index in [0.29, 0.717) is 12.0 Å². The van der Waals surface area contributed by atoms with Gasteiger partial charge in [-0.2, -0.15) is 0 Å². The molecule has 2 atom stereocenters. The van der Waals surface area contributed by atoms with Crippen LogP contribution in [0.1, 0.15) is 31.9 Å². The highest BCUT2D eigenvalue weighted by Crippen LogP contribution is 2.10. The average molecular weight is 293 g/mol. The Labute approximate surface area is 113 Å². The van der Waals surface area contributed by atoms with Crippen molar-refractivity contribution in [3.8, 4) is 0 Å². The zero-order chi connectivity index (χ0) is 13.9. The highest BCUT2D eigenvalue weighted by atomic mass is 35.5. The Morgan fingerprint density at radius 2 is 2.06 bits per heavy atom. The van der Waals surface area contributed by atoms with Gasteiger partial charge in [0, 0.05) is 22.8 Å². The van der Waals surface area contributed by atoms with E-state index < -0.39 is 22.5 Å². The Balaban J connectivity index is 3.36. The molecular formula is C11H17ClN2O3S. The fraction of sp³-hybridized carbons (Fsp3) is 0.636. The van der Waals surface area contributed by atoms with E-state index in [2.05, 4.69) is 4.98 Å². The van der Waals surface area contributed by atoms with Crippen molar-refractivity contribution in [2.75, 3.05) is 12.0 Å². The fourth-order valence-electron chi connectivity index (χ4n) is 1.84. The molecule has 0 aliphatic heterocycles. The van der Waals surface area contributed by atoms with Gasteiger partial charge >= 0.3 is 5.69 Å². The first-order valence-corrected chi connectivity index (χ1v) is 7.82. The topological polar surface area (TPSA) is 71.9 Å². The van der Waals surface area contributed by atoms with Crippen molar-refractivity contribution in [2.45, 2.75) is 32.7 Å². The van der Waals surface area contributed by atoms with Crippen LogP contribution in [0.15, 0.2) is 9.59 Å². The molecule has 0 aromatic carbocycles. The average Bonchev–Trinajstić information content (AvgIpc) is 2.22. The monoisotopic (exact) mass is 292 g/mol. The van der Waals surface area contributed by atoms with Gasteiger partial charge < -0.3 is 0 Å². The Morgan fingerprint density at radius 1 is 1.44 bits per heavy atom. The normalized spacial score (nSPS) is 14.4. The van der Waals surface area contributed by atoms with Crippen molar-refractivity contribution >= 4 is 22.4 Å². The summed E-state index contributed by atoms with van der Waals surface area (Å²) in [6, 6.07) is -0.417. The van der Waals surface area contributed by atoms with Gasteiger partial charge in [0.25, 0.3) is 5.56 Å². The molecule has 1 heterocycles. The van der Waals surface area contributed by atoms with Crippen molar-refractivity contribution < 1.29 is 4.21 Å². The number of H-pyrrole nitrogens is 1. The number of nitrogens with one attached hydrogen (secondary N) is 1. The van der Waals surface area contributed by atoms with E-state index in [1.165, 1.54) is 0 Å². The molecule has 0 amide bonds. The molecular weight excluding hydrogens is 276 g/mol. The van der Waals surface area contributed by atoms with Crippen LogP contribution in [-0.4, -0.2) is 25.8 Å². The lowest BCUT2D eigenvalue weighted by molar-refractivity contribution is 0.541. The van der Waals surface area contributed by atoms with E-state index in [4.69, 9.17) is 11.6 Å². The Bertz CT molecular complexity index is 564. The maximum Gasteiger partial charge on any atom is 0.329 e. The molecule has 0 fully saturated rings. The smallest absolute Gasteiger partial charge is 0.297 e. The minimum absolute atomic E-state index is 0.105. The zero-order valence-electron chi connectivity index (χ0n) is 10.7. The Morgan fingerprint density at radius 3 is 2.56 bits per heavy atom. The molecule has 7 heteroatoms. The molecule has 0 aliphatic rings. The molecule has 0 bridgehead atoms. The Kier molecular flexibility index (Phi) is 5.34. The molecule has 1 N–H and O–H groups in total. The van der Waals surface area contributed by atoms with Crippen molar-refractivity contribution in [3.05, 3.63) is 31.6 Å². The maximum absolute atomic E-state index is 12.2. The molecule has 0 saturated carbocycles. The third-order valence-corrected chi connectivity index (χ3v) is 3.87. The van der Waals surface area contributed by atoms with Crippen LogP contribution < -0.4 is 11.2 Å².